The average Bonchev–Trinajstić information content (AvgIpc) is 3.13. The average molecular weight is 376 g/mol. The van der Waals surface area contributed by atoms with Crippen LogP contribution in [0.25, 0.3) is 6.08 Å². The Morgan fingerprint density at radius 2 is 2.12 bits per heavy atom. The van der Waals surface area contributed by atoms with Crippen LogP contribution >= 0.6 is 11.3 Å². The van der Waals surface area contributed by atoms with Crippen LogP contribution in [0.2, 0.25) is 0 Å². The normalized spacial score (nSPS) is 11.8. The van der Waals surface area contributed by atoms with Crippen molar-refractivity contribution in [1.82, 2.24) is 0 Å². The van der Waals surface area contributed by atoms with Crippen LogP contribution in [0.3, 0.4) is 0 Å². The minimum atomic E-state index is -1.10. The summed E-state index contributed by atoms with van der Waals surface area (Å²) in [4.78, 5) is 35.1. The molecule has 0 aliphatic heterocycles. The van der Waals surface area contributed by atoms with Crippen LogP contribution in [0.5, 0.6) is 5.75 Å². The number of ether oxygens (including phenoxy) is 2. The fourth-order valence-electron chi connectivity index (χ4n) is 1.94. The van der Waals surface area contributed by atoms with Gasteiger partial charge in [-0.1, -0.05) is 6.07 Å². The molecule has 0 aliphatic carbocycles. The van der Waals surface area contributed by atoms with E-state index in [0.717, 1.165) is 4.88 Å². The van der Waals surface area contributed by atoms with E-state index in [-0.39, 0.29) is 17.1 Å². The van der Waals surface area contributed by atoms with E-state index in [1.807, 2.05) is 17.5 Å². The number of methoxy groups -OCH3 is 1. The Hall–Kier alpha value is -3.20. The van der Waals surface area contributed by atoms with E-state index < -0.39 is 22.9 Å². The van der Waals surface area contributed by atoms with Crippen molar-refractivity contribution < 1.29 is 24.0 Å². The number of benzene rings is 1. The van der Waals surface area contributed by atoms with Gasteiger partial charge in [0.2, 0.25) is 0 Å². The van der Waals surface area contributed by atoms with Gasteiger partial charge in [0.25, 0.3) is 11.6 Å². The minimum absolute atomic E-state index is 0.115. The van der Waals surface area contributed by atoms with E-state index in [1.165, 1.54) is 49.6 Å². The molecule has 0 fully saturated rings. The van der Waals surface area contributed by atoms with E-state index in [9.17, 15) is 19.7 Å². The number of non-ortho nitro benzene ring substituents is 1. The molecule has 0 unspecified atom stereocenters. The summed E-state index contributed by atoms with van der Waals surface area (Å²) in [6.07, 6.45) is 1.71. The lowest BCUT2D eigenvalue weighted by Gasteiger charge is -2.14. The molecule has 9 heteroatoms. The Morgan fingerprint density at radius 3 is 2.73 bits per heavy atom. The number of carbonyl (C=O) groups is 2. The monoisotopic (exact) mass is 376 g/mol. The number of nitrogens with zero attached hydrogens (tertiary/aromatic N) is 1. The first-order valence-corrected chi connectivity index (χ1v) is 8.34. The highest BCUT2D eigenvalue weighted by Crippen LogP contribution is 2.29. The Balaban J connectivity index is 2.01. The zero-order valence-electron chi connectivity index (χ0n) is 14.0. The quantitative estimate of drug-likeness (QED) is 0.344. The van der Waals surface area contributed by atoms with Gasteiger partial charge in [0, 0.05) is 23.1 Å². The zero-order valence-corrected chi connectivity index (χ0v) is 14.8. The second kappa shape index (κ2) is 8.77. The standard InChI is InChI=1S/C17H16N2O6S/c1-11(25-16(20)8-6-13-4-3-9-26-13)17(21)18-14-10-12(19(22)23)5-7-15(14)24-2/h3-11H,1-2H3,(H,18,21)/b8-6+/t11-/m0/s1. The van der Waals surface area contributed by atoms with Gasteiger partial charge in [-0.05, 0) is 30.5 Å². The van der Waals surface area contributed by atoms with Gasteiger partial charge in [-0.2, -0.15) is 0 Å². The van der Waals surface area contributed by atoms with Gasteiger partial charge in [-0.25, -0.2) is 4.79 Å². The van der Waals surface area contributed by atoms with Gasteiger partial charge < -0.3 is 14.8 Å². The third-order valence-electron chi connectivity index (χ3n) is 3.24. The van der Waals surface area contributed by atoms with Gasteiger partial charge >= 0.3 is 5.97 Å². The van der Waals surface area contributed by atoms with Crippen molar-refractivity contribution in [3.05, 3.63) is 56.8 Å². The summed E-state index contributed by atoms with van der Waals surface area (Å²) in [5.41, 5.74) is -0.0895. The predicted molar refractivity (Wildman–Crippen MR) is 97.2 cm³/mol. The summed E-state index contributed by atoms with van der Waals surface area (Å²) >= 11 is 1.46. The van der Waals surface area contributed by atoms with E-state index in [0.29, 0.717) is 0 Å². The molecule has 1 heterocycles. The number of carbonyl (C=O) groups excluding carboxylic acids is 2. The first-order valence-electron chi connectivity index (χ1n) is 7.46. The fraction of sp³-hybridized carbons (Fsp3) is 0.176. The molecule has 0 spiro atoms. The van der Waals surface area contributed by atoms with E-state index in [1.54, 1.807) is 6.08 Å². The van der Waals surface area contributed by atoms with Crippen molar-refractivity contribution in [2.75, 3.05) is 12.4 Å². The number of nitrogens with one attached hydrogen (secondary N) is 1. The molecular formula is C17H16N2O6S. The van der Waals surface area contributed by atoms with Crippen LogP contribution in [0.4, 0.5) is 11.4 Å². The molecule has 2 rings (SSSR count). The van der Waals surface area contributed by atoms with Gasteiger partial charge in [0.15, 0.2) is 6.10 Å². The number of amides is 1. The SMILES string of the molecule is COc1ccc([N+](=O)[O-])cc1NC(=O)[C@H](C)OC(=O)/C=C/c1cccs1. The molecule has 8 nitrogen and oxygen atoms in total. The molecule has 2 aromatic rings. The molecule has 1 atom stereocenters. The Bertz CT molecular complexity index is 832. The van der Waals surface area contributed by atoms with Crippen LogP contribution in [0.1, 0.15) is 11.8 Å². The van der Waals surface area contributed by atoms with Crippen LogP contribution in [-0.4, -0.2) is 30.0 Å². The molecule has 1 amide bonds. The number of nitro groups is 1. The molecule has 1 aromatic carbocycles. The van der Waals surface area contributed by atoms with E-state index >= 15 is 0 Å². The summed E-state index contributed by atoms with van der Waals surface area (Å²) in [6, 6.07) is 7.47. The number of hydrogen-bond donors (Lipinski definition) is 1. The summed E-state index contributed by atoms with van der Waals surface area (Å²) in [5, 5.41) is 15.2. The van der Waals surface area contributed by atoms with Crippen LogP contribution in [-0.2, 0) is 14.3 Å². The number of thiophene rings is 1. The van der Waals surface area contributed by atoms with Crippen molar-refractivity contribution in [2.45, 2.75) is 13.0 Å². The van der Waals surface area contributed by atoms with Gasteiger partial charge in [-0.15, -0.1) is 11.3 Å². The molecule has 26 heavy (non-hydrogen) atoms. The summed E-state index contributed by atoms with van der Waals surface area (Å²) < 4.78 is 10.1. The highest BCUT2D eigenvalue weighted by molar-refractivity contribution is 7.10. The Labute approximate surface area is 153 Å². The van der Waals surface area contributed by atoms with E-state index in [2.05, 4.69) is 5.32 Å². The Morgan fingerprint density at radius 1 is 1.35 bits per heavy atom. The van der Waals surface area contributed by atoms with Crippen molar-refractivity contribution in [3.63, 3.8) is 0 Å². The number of anilines is 1. The van der Waals surface area contributed by atoms with Gasteiger partial charge in [0.1, 0.15) is 5.75 Å². The number of hydrogen-bond acceptors (Lipinski definition) is 7. The minimum Gasteiger partial charge on any atom is -0.495 e. The van der Waals surface area contributed by atoms with Crippen molar-refractivity contribution in [1.29, 1.82) is 0 Å². The number of esters is 1. The largest absolute Gasteiger partial charge is 0.495 e. The van der Waals surface area contributed by atoms with Crippen LogP contribution in [0, 0.1) is 10.1 Å². The van der Waals surface area contributed by atoms with Crippen molar-refractivity contribution in [3.8, 4) is 5.75 Å². The molecule has 0 aliphatic rings. The molecule has 0 saturated heterocycles. The maximum absolute atomic E-state index is 12.2. The topological polar surface area (TPSA) is 108 Å². The molecule has 136 valence electrons. The Kier molecular flexibility index (Phi) is 6.45. The molecule has 0 radical (unpaired) electrons. The van der Waals surface area contributed by atoms with Crippen LogP contribution in [0.15, 0.2) is 41.8 Å². The molecule has 1 N–H and O–H groups in total. The molecular weight excluding hydrogens is 360 g/mol. The van der Waals surface area contributed by atoms with E-state index in [4.69, 9.17) is 9.47 Å². The maximum Gasteiger partial charge on any atom is 0.331 e. The lowest BCUT2D eigenvalue weighted by Crippen LogP contribution is -2.29. The maximum atomic E-state index is 12.2. The lowest BCUT2D eigenvalue weighted by atomic mass is 10.2. The molecule has 1 aromatic heterocycles. The third kappa shape index (κ3) is 5.15. The molecule has 0 bridgehead atoms. The third-order valence-corrected chi connectivity index (χ3v) is 4.08. The first-order chi connectivity index (χ1) is 12.4. The fourth-order valence-corrected chi connectivity index (χ4v) is 2.56. The highest BCUT2D eigenvalue weighted by atomic mass is 32.1. The lowest BCUT2D eigenvalue weighted by molar-refractivity contribution is -0.384. The summed E-state index contributed by atoms with van der Waals surface area (Å²) in [6.45, 7) is 1.40. The predicted octanol–water partition coefficient (Wildman–Crippen LogP) is 3.25. The zero-order chi connectivity index (χ0) is 19.1. The highest BCUT2D eigenvalue weighted by Gasteiger charge is 2.20. The second-order valence-corrected chi connectivity index (χ2v) is 6.04. The number of nitro benzene ring substituents is 1. The summed E-state index contributed by atoms with van der Waals surface area (Å²) in [7, 11) is 1.37. The number of rotatable bonds is 7. The van der Waals surface area contributed by atoms with Gasteiger partial charge in [-0.3, -0.25) is 14.9 Å². The van der Waals surface area contributed by atoms with Crippen molar-refractivity contribution >= 4 is 40.7 Å². The summed E-state index contributed by atoms with van der Waals surface area (Å²) in [5.74, 6) is -1.06. The first kappa shape index (κ1) is 19.1. The smallest absolute Gasteiger partial charge is 0.331 e. The van der Waals surface area contributed by atoms with Crippen molar-refractivity contribution in [2.24, 2.45) is 0 Å². The van der Waals surface area contributed by atoms with Crippen LogP contribution < -0.4 is 10.1 Å². The van der Waals surface area contributed by atoms with Gasteiger partial charge in [0.05, 0.1) is 17.7 Å². The molecule has 0 saturated carbocycles. The second-order valence-electron chi connectivity index (χ2n) is 5.06.